The van der Waals surface area contributed by atoms with Crippen molar-refractivity contribution in [1.29, 1.82) is 0 Å². The van der Waals surface area contributed by atoms with Crippen LogP contribution in [0.25, 0.3) is 20.7 Å². The van der Waals surface area contributed by atoms with E-state index in [9.17, 15) is 9.59 Å². The molecular formula is C19H22ClN4O2S+. The van der Waals surface area contributed by atoms with E-state index >= 15 is 0 Å². The minimum absolute atomic E-state index is 0.00154. The maximum Gasteiger partial charge on any atom is 0.275 e. The van der Waals surface area contributed by atoms with E-state index in [-0.39, 0.29) is 11.5 Å². The van der Waals surface area contributed by atoms with Crippen LogP contribution in [0.2, 0.25) is 5.02 Å². The van der Waals surface area contributed by atoms with Gasteiger partial charge in [-0.25, -0.2) is 4.98 Å². The lowest BCUT2D eigenvalue weighted by atomic mass is 10.2. The number of H-pyrrole nitrogens is 1. The zero-order valence-electron chi connectivity index (χ0n) is 15.3. The van der Waals surface area contributed by atoms with E-state index in [0.29, 0.717) is 40.7 Å². The molecule has 6 nitrogen and oxygen atoms in total. The fourth-order valence-electron chi connectivity index (χ4n) is 2.78. The van der Waals surface area contributed by atoms with Gasteiger partial charge in [0, 0.05) is 16.4 Å². The van der Waals surface area contributed by atoms with Gasteiger partial charge >= 0.3 is 0 Å². The summed E-state index contributed by atoms with van der Waals surface area (Å²) in [6.45, 7) is 3.49. The van der Waals surface area contributed by atoms with Crippen molar-refractivity contribution in [3.63, 3.8) is 0 Å². The van der Waals surface area contributed by atoms with Crippen LogP contribution in [0, 0.1) is 0 Å². The average Bonchev–Trinajstić information content (AvgIpc) is 3.05. The topological polar surface area (TPSA) is 79.3 Å². The van der Waals surface area contributed by atoms with Gasteiger partial charge in [-0.05, 0) is 30.2 Å². The van der Waals surface area contributed by atoms with Crippen LogP contribution in [0.5, 0.6) is 0 Å². The summed E-state index contributed by atoms with van der Waals surface area (Å²) in [4.78, 5) is 33.6. The van der Waals surface area contributed by atoms with Crippen LogP contribution in [0.15, 0.2) is 35.1 Å². The molecule has 0 saturated carbocycles. The zero-order valence-corrected chi connectivity index (χ0v) is 16.8. The molecule has 3 N–H and O–H groups in total. The molecule has 0 bridgehead atoms. The van der Waals surface area contributed by atoms with Crippen LogP contribution in [-0.4, -0.2) is 36.0 Å². The van der Waals surface area contributed by atoms with Gasteiger partial charge in [0.15, 0.2) is 12.4 Å². The fraction of sp³-hybridized carbons (Fsp3) is 0.316. The molecular weight excluding hydrogens is 384 g/mol. The van der Waals surface area contributed by atoms with Crippen LogP contribution < -0.4 is 15.8 Å². The Labute approximate surface area is 166 Å². The lowest BCUT2D eigenvalue weighted by Crippen LogP contribution is -3.09. The largest absolute Gasteiger partial charge is 0.351 e. The first-order valence-corrected chi connectivity index (χ1v) is 10.0. The van der Waals surface area contributed by atoms with E-state index in [0.717, 1.165) is 21.8 Å². The number of fused-ring (bicyclic) bond motifs is 1. The highest BCUT2D eigenvalue weighted by molar-refractivity contribution is 7.22. The number of hydrogen-bond acceptors (Lipinski definition) is 4. The number of halogens is 1. The first kappa shape index (κ1) is 19.5. The molecule has 1 unspecified atom stereocenters. The van der Waals surface area contributed by atoms with Crippen molar-refractivity contribution in [2.24, 2.45) is 0 Å². The Morgan fingerprint density at radius 2 is 2.07 bits per heavy atom. The summed E-state index contributed by atoms with van der Waals surface area (Å²) in [7, 11) is 1.91. The average molecular weight is 406 g/mol. The Morgan fingerprint density at radius 1 is 1.33 bits per heavy atom. The lowest BCUT2D eigenvalue weighted by molar-refractivity contribution is -0.886. The summed E-state index contributed by atoms with van der Waals surface area (Å²) in [6.07, 6.45) is 0.907. The Balaban J connectivity index is 1.79. The van der Waals surface area contributed by atoms with Gasteiger partial charge in [-0.2, -0.15) is 0 Å². The number of likely N-dealkylation sites (N-methyl/N-ethyl adjacent to an activating group) is 1. The smallest absolute Gasteiger partial charge is 0.275 e. The summed E-state index contributed by atoms with van der Waals surface area (Å²) in [5.41, 5.74) is 1.52. The third-order valence-electron chi connectivity index (χ3n) is 4.06. The lowest BCUT2D eigenvalue weighted by Gasteiger charge is -2.12. The third-order valence-corrected chi connectivity index (χ3v) is 5.49. The van der Waals surface area contributed by atoms with Gasteiger partial charge in [0.05, 0.1) is 12.6 Å². The normalized spacial score (nSPS) is 12.3. The van der Waals surface area contributed by atoms with Crippen LogP contribution in [0.3, 0.4) is 0 Å². The second kappa shape index (κ2) is 8.65. The molecule has 0 fully saturated rings. The summed E-state index contributed by atoms with van der Waals surface area (Å²) in [5, 5.41) is 3.53. The Bertz CT molecular complexity index is 997. The predicted molar refractivity (Wildman–Crippen MR) is 109 cm³/mol. The van der Waals surface area contributed by atoms with Crippen molar-refractivity contribution in [3.8, 4) is 10.4 Å². The van der Waals surface area contributed by atoms with Gasteiger partial charge in [0.2, 0.25) is 0 Å². The first-order valence-electron chi connectivity index (χ1n) is 8.83. The van der Waals surface area contributed by atoms with Gasteiger partial charge in [-0.3, -0.25) is 9.59 Å². The van der Waals surface area contributed by atoms with E-state index in [1.54, 1.807) is 0 Å². The molecule has 3 rings (SSSR count). The molecule has 2 heterocycles. The molecule has 2 aromatic heterocycles. The summed E-state index contributed by atoms with van der Waals surface area (Å²) in [5.74, 6) is 0.576. The highest BCUT2D eigenvalue weighted by Gasteiger charge is 2.14. The number of nitrogens with zero attached hydrogens (tertiary/aromatic N) is 1. The minimum atomic E-state index is -0.150. The van der Waals surface area contributed by atoms with E-state index in [4.69, 9.17) is 11.6 Å². The van der Waals surface area contributed by atoms with Crippen LogP contribution in [0.1, 0.15) is 19.2 Å². The monoisotopic (exact) mass is 405 g/mol. The summed E-state index contributed by atoms with van der Waals surface area (Å²) in [6, 6.07) is 9.42. The molecule has 0 aliphatic heterocycles. The van der Waals surface area contributed by atoms with Crippen LogP contribution >= 0.6 is 22.9 Å². The van der Waals surface area contributed by atoms with Gasteiger partial charge in [0.1, 0.15) is 11.2 Å². The number of carbonyl (C=O) groups is 1. The third kappa shape index (κ3) is 4.94. The number of aromatic amines is 1. The van der Waals surface area contributed by atoms with Gasteiger partial charge < -0.3 is 15.2 Å². The second-order valence-corrected chi connectivity index (χ2v) is 7.99. The van der Waals surface area contributed by atoms with Crippen LogP contribution in [-0.2, 0) is 11.3 Å². The zero-order chi connectivity index (χ0) is 19.4. The quantitative estimate of drug-likeness (QED) is 0.561. The van der Waals surface area contributed by atoms with E-state index < -0.39 is 0 Å². The summed E-state index contributed by atoms with van der Waals surface area (Å²) >= 11 is 7.35. The molecule has 1 amide bonds. The maximum atomic E-state index is 12.4. The minimum Gasteiger partial charge on any atom is -0.351 e. The molecule has 0 aliphatic carbocycles. The number of carbonyl (C=O) groups excluding carboxylic acids is 1. The van der Waals surface area contributed by atoms with Crippen molar-refractivity contribution < 1.29 is 9.69 Å². The Kier molecular flexibility index (Phi) is 6.26. The highest BCUT2D eigenvalue weighted by Crippen LogP contribution is 2.31. The van der Waals surface area contributed by atoms with Crippen molar-refractivity contribution in [3.05, 3.63) is 51.5 Å². The molecule has 0 radical (unpaired) electrons. The van der Waals surface area contributed by atoms with Crippen molar-refractivity contribution in [1.82, 2.24) is 15.3 Å². The van der Waals surface area contributed by atoms with E-state index in [1.807, 2.05) is 44.3 Å². The molecule has 1 aromatic carbocycles. The first-order chi connectivity index (χ1) is 13.0. The number of thiophene rings is 1. The van der Waals surface area contributed by atoms with E-state index in [2.05, 4.69) is 15.3 Å². The standard InChI is InChI=1S/C19H21ClN4O2S/c1-3-8-21-17(25)11-24(2)10-16-22-14-9-15(27-18(14)19(26)23-16)12-4-6-13(20)7-5-12/h4-7,9H,3,8,10-11H2,1-2H3,(H,21,25)(H,22,23,26)/p+1. The fourth-order valence-corrected chi connectivity index (χ4v) is 3.90. The van der Waals surface area contributed by atoms with Gasteiger partial charge in [-0.15, -0.1) is 11.3 Å². The molecule has 0 aliphatic rings. The van der Waals surface area contributed by atoms with Crippen molar-refractivity contribution in [2.45, 2.75) is 19.9 Å². The predicted octanol–water partition coefficient (Wildman–Crippen LogP) is 1.85. The summed E-state index contributed by atoms with van der Waals surface area (Å²) < 4.78 is 0.599. The molecule has 8 heteroatoms. The number of benzene rings is 1. The molecule has 0 spiro atoms. The highest BCUT2D eigenvalue weighted by atomic mass is 35.5. The number of aromatic nitrogens is 2. The van der Waals surface area contributed by atoms with Crippen molar-refractivity contribution >= 4 is 39.1 Å². The molecule has 142 valence electrons. The molecule has 3 aromatic rings. The maximum absolute atomic E-state index is 12.4. The van der Waals surface area contributed by atoms with Gasteiger partial charge in [-0.1, -0.05) is 30.7 Å². The molecule has 27 heavy (non-hydrogen) atoms. The second-order valence-electron chi connectivity index (χ2n) is 6.51. The Morgan fingerprint density at radius 3 is 2.78 bits per heavy atom. The Hall–Kier alpha value is -2.22. The molecule has 0 saturated heterocycles. The van der Waals surface area contributed by atoms with E-state index in [1.165, 1.54) is 11.3 Å². The van der Waals surface area contributed by atoms with Gasteiger partial charge in [0.25, 0.3) is 11.5 Å². The van der Waals surface area contributed by atoms with Crippen molar-refractivity contribution in [2.75, 3.05) is 20.1 Å². The SMILES string of the molecule is CCCNC(=O)C[NH+](C)Cc1nc2cc(-c3ccc(Cl)cc3)sc2c(=O)[nH]1. The number of hydrogen-bond donors (Lipinski definition) is 3. The number of quaternary nitrogens is 1. The number of rotatable bonds is 7. The molecule has 1 atom stereocenters. The van der Waals surface area contributed by atoms with Crippen LogP contribution in [0.4, 0.5) is 0 Å². The number of nitrogens with one attached hydrogen (secondary N) is 3. The number of amides is 1.